The highest BCUT2D eigenvalue weighted by Gasteiger charge is 2.22. The Kier molecular flexibility index (Phi) is 4.10. The third-order valence-corrected chi connectivity index (χ3v) is 5.93. The van der Waals surface area contributed by atoms with Crippen LogP contribution in [0, 0.1) is 18.7 Å². The van der Waals surface area contributed by atoms with Gasteiger partial charge in [-0.3, -0.25) is 0 Å². The molecule has 0 spiro atoms. The van der Waals surface area contributed by atoms with Crippen molar-refractivity contribution < 1.29 is 8.81 Å². The summed E-state index contributed by atoms with van der Waals surface area (Å²) in [4.78, 5) is 12.5. The van der Waals surface area contributed by atoms with Gasteiger partial charge in [0.05, 0.1) is 5.39 Å². The molecule has 2 nitrogen and oxygen atoms in total. The average Bonchev–Trinajstić information content (AvgIpc) is 2.65. The molecule has 0 aliphatic heterocycles. The van der Waals surface area contributed by atoms with Crippen LogP contribution in [0.4, 0.5) is 4.39 Å². The fourth-order valence-electron chi connectivity index (χ4n) is 4.24. The Bertz CT molecular complexity index is 994. The normalized spacial score (nSPS) is 21.1. The molecule has 25 heavy (non-hydrogen) atoms. The summed E-state index contributed by atoms with van der Waals surface area (Å²) < 4.78 is 19.6. The summed E-state index contributed by atoms with van der Waals surface area (Å²) >= 11 is 0. The molecule has 1 heterocycles. The second-order valence-electron chi connectivity index (χ2n) is 7.39. The summed E-state index contributed by atoms with van der Waals surface area (Å²) in [7, 11) is 0. The predicted molar refractivity (Wildman–Crippen MR) is 99.7 cm³/mol. The van der Waals surface area contributed by atoms with Crippen LogP contribution >= 0.6 is 0 Å². The first-order valence-corrected chi connectivity index (χ1v) is 9.24. The van der Waals surface area contributed by atoms with E-state index in [0.29, 0.717) is 22.3 Å². The van der Waals surface area contributed by atoms with E-state index in [0.717, 1.165) is 11.3 Å². The average molecular weight is 338 g/mol. The SMILES string of the molecule is CCC1CCC(c2ccc3c(c2)c(=O)oc2c(F)c(C)ccc23)CC1. The topological polar surface area (TPSA) is 30.2 Å². The van der Waals surface area contributed by atoms with Crippen LogP contribution in [-0.4, -0.2) is 0 Å². The van der Waals surface area contributed by atoms with E-state index in [1.54, 1.807) is 13.0 Å². The molecule has 1 aliphatic carbocycles. The molecule has 3 heteroatoms. The second kappa shape index (κ2) is 6.29. The number of hydrogen-bond donors (Lipinski definition) is 0. The highest BCUT2D eigenvalue weighted by Crippen LogP contribution is 2.38. The van der Waals surface area contributed by atoms with Gasteiger partial charge in [-0.15, -0.1) is 0 Å². The van der Waals surface area contributed by atoms with E-state index in [1.165, 1.54) is 37.7 Å². The van der Waals surface area contributed by atoms with E-state index in [1.807, 2.05) is 18.2 Å². The molecule has 4 rings (SSSR count). The molecule has 0 radical (unpaired) electrons. The second-order valence-corrected chi connectivity index (χ2v) is 7.39. The van der Waals surface area contributed by atoms with Crippen molar-refractivity contribution >= 4 is 21.7 Å². The first-order valence-electron chi connectivity index (χ1n) is 9.24. The fraction of sp³-hybridized carbons (Fsp3) is 0.409. The van der Waals surface area contributed by atoms with Crippen molar-refractivity contribution in [1.29, 1.82) is 0 Å². The van der Waals surface area contributed by atoms with E-state index in [4.69, 9.17) is 4.42 Å². The van der Waals surface area contributed by atoms with Crippen LogP contribution in [0.1, 0.15) is 56.1 Å². The van der Waals surface area contributed by atoms with Crippen molar-refractivity contribution in [2.75, 3.05) is 0 Å². The molecule has 2 aromatic carbocycles. The van der Waals surface area contributed by atoms with Crippen molar-refractivity contribution in [3.8, 4) is 0 Å². The van der Waals surface area contributed by atoms with Crippen LogP contribution in [0.3, 0.4) is 0 Å². The molecule has 130 valence electrons. The van der Waals surface area contributed by atoms with Gasteiger partial charge in [-0.2, -0.15) is 0 Å². The van der Waals surface area contributed by atoms with Crippen LogP contribution in [0.15, 0.2) is 39.5 Å². The molecule has 1 aliphatic rings. The van der Waals surface area contributed by atoms with Gasteiger partial charge >= 0.3 is 5.63 Å². The smallest absolute Gasteiger partial charge is 0.344 e. The zero-order valence-corrected chi connectivity index (χ0v) is 14.8. The maximum atomic E-state index is 14.3. The Balaban J connectivity index is 1.82. The van der Waals surface area contributed by atoms with Gasteiger partial charge in [0.25, 0.3) is 0 Å². The Morgan fingerprint density at radius 1 is 1.04 bits per heavy atom. The first-order chi connectivity index (χ1) is 12.1. The van der Waals surface area contributed by atoms with Crippen molar-refractivity contribution in [3.63, 3.8) is 0 Å². The number of fused-ring (bicyclic) bond motifs is 3. The quantitative estimate of drug-likeness (QED) is 0.419. The van der Waals surface area contributed by atoms with Gasteiger partial charge in [0.1, 0.15) is 0 Å². The Hall–Kier alpha value is -2.16. The molecule has 1 aromatic heterocycles. The van der Waals surface area contributed by atoms with Crippen molar-refractivity contribution in [1.82, 2.24) is 0 Å². The van der Waals surface area contributed by atoms with E-state index in [-0.39, 0.29) is 5.58 Å². The van der Waals surface area contributed by atoms with E-state index in [9.17, 15) is 9.18 Å². The molecule has 1 fully saturated rings. The summed E-state index contributed by atoms with van der Waals surface area (Å²) in [5, 5.41) is 2.00. The van der Waals surface area contributed by atoms with Crippen LogP contribution < -0.4 is 5.63 Å². The van der Waals surface area contributed by atoms with Gasteiger partial charge < -0.3 is 4.42 Å². The third-order valence-electron chi connectivity index (χ3n) is 5.93. The summed E-state index contributed by atoms with van der Waals surface area (Å²) in [6, 6.07) is 9.61. The van der Waals surface area contributed by atoms with Gasteiger partial charge in [-0.05, 0) is 61.6 Å². The summed E-state index contributed by atoms with van der Waals surface area (Å²) in [6.45, 7) is 3.94. The molecule has 3 aromatic rings. The highest BCUT2D eigenvalue weighted by molar-refractivity contribution is 6.04. The first kappa shape index (κ1) is 16.3. The van der Waals surface area contributed by atoms with Gasteiger partial charge in [0.2, 0.25) is 0 Å². The standard InChI is InChI=1S/C22H23FO2/c1-3-14-5-7-15(8-6-14)16-9-11-17-18-10-4-13(2)20(23)21(18)25-22(24)19(17)12-16/h4,9-12,14-15H,3,5-8H2,1-2H3. The van der Waals surface area contributed by atoms with Gasteiger partial charge in [-0.25, -0.2) is 9.18 Å². The lowest BCUT2D eigenvalue weighted by atomic mass is 9.77. The monoisotopic (exact) mass is 338 g/mol. The van der Waals surface area contributed by atoms with Crippen molar-refractivity contribution in [3.05, 3.63) is 57.7 Å². The molecular formula is C22H23FO2. The summed E-state index contributed by atoms with van der Waals surface area (Å²) in [6.07, 6.45) is 6.13. The molecule has 1 saturated carbocycles. The van der Waals surface area contributed by atoms with Gasteiger partial charge in [0, 0.05) is 10.8 Å². The van der Waals surface area contributed by atoms with E-state index in [2.05, 4.69) is 13.0 Å². The highest BCUT2D eigenvalue weighted by atomic mass is 19.1. The van der Waals surface area contributed by atoms with Gasteiger partial charge in [-0.1, -0.05) is 37.6 Å². The van der Waals surface area contributed by atoms with Crippen LogP contribution in [0.25, 0.3) is 21.7 Å². The Labute approximate surface area is 146 Å². The number of rotatable bonds is 2. The van der Waals surface area contributed by atoms with Crippen LogP contribution in [0.5, 0.6) is 0 Å². The van der Waals surface area contributed by atoms with Gasteiger partial charge in [0.15, 0.2) is 11.4 Å². The zero-order chi connectivity index (χ0) is 17.6. The molecule has 0 N–H and O–H groups in total. The lowest BCUT2D eigenvalue weighted by molar-refractivity contribution is 0.319. The summed E-state index contributed by atoms with van der Waals surface area (Å²) in [5.41, 5.74) is 1.31. The Morgan fingerprint density at radius 2 is 1.76 bits per heavy atom. The minimum Gasteiger partial charge on any atom is -0.419 e. The maximum absolute atomic E-state index is 14.3. The largest absolute Gasteiger partial charge is 0.419 e. The van der Waals surface area contributed by atoms with Crippen molar-refractivity contribution in [2.24, 2.45) is 5.92 Å². The minimum absolute atomic E-state index is 0.0636. The van der Waals surface area contributed by atoms with Crippen LogP contribution in [0.2, 0.25) is 0 Å². The number of hydrogen-bond acceptors (Lipinski definition) is 2. The molecule has 0 amide bonds. The molecule has 0 saturated heterocycles. The maximum Gasteiger partial charge on any atom is 0.344 e. The zero-order valence-electron chi connectivity index (χ0n) is 14.8. The summed E-state index contributed by atoms with van der Waals surface area (Å²) in [5.74, 6) is 0.910. The Morgan fingerprint density at radius 3 is 2.48 bits per heavy atom. The van der Waals surface area contributed by atoms with E-state index < -0.39 is 11.4 Å². The molecule has 0 bridgehead atoms. The fourth-order valence-corrected chi connectivity index (χ4v) is 4.24. The number of halogens is 1. The lowest BCUT2D eigenvalue weighted by Gasteiger charge is -2.28. The lowest BCUT2D eigenvalue weighted by Crippen LogP contribution is -2.13. The van der Waals surface area contributed by atoms with Crippen molar-refractivity contribution in [2.45, 2.75) is 51.9 Å². The molecule has 0 atom stereocenters. The minimum atomic E-state index is -0.448. The number of benzene rings is 2. The number of aryl methyl sites for hydroxylation is 1. The molecule has 0 unspecified atom stereocenters. The van der Waals surface area contributed by atoms with E-state index >= 15 is 0 Å². The third kappa shape index (κ3) is 2.76. The predicted octanol–water partition coefficient (Wildman–Crippen LogP) is 6.08. The van der Waals surface area contributed by atoms with Crippen LogP contribution in [-0.2, 0) is 0 Å². The molecular weight excluding hydrogens is 315 g/mol.